The molecule has 0 fully saturated rings. The van der Waals surface area contributed by atoms with Gasteiger partial charge < -0.3 is 15.1 Å². The van der Waals surface area contributed by atoms with Gasteiger partial charge >= 0.3 is 0 Å². The third kappa shape index (κ3) is 4.80. The summed E-state index contributed by atoms with van der Waals surface area (Å²) >= 11 is 0. The van der Waals surface area contributed by atoms with Crippen molar-refractivity contribution in [3.05, 3.63) is 18.1 Å². The Kier molecular flexibility index (Phi) is 6.17. The van der Waals surface area contributed by atoms with Gasteiger partial charge in [0.25, 0.3) is 5.91 Å². The maximum Gasteiger partial charge on any atom is 0.274 e. The molecule has 7 heteroatoms. The Balaban J connectivity index is 2.84. The highest BCUT2D eigenvalue weighted by atomic mass is 16.5. The Bertz CT molecular complexity index is 411. The van der Waals surface area contributed by atoms with E-state index in [-0.39, 0.29) is 11.6 Å². The lowest BCUT2D eigenvalue weighted by atomic mass is 10.2. The highest BCUT2D eigenvalue weighted by Crippen LogP contribution is 2.07. The summed E-state index contributed by atoms with van der Waals surface area (Å²) in [5, 5.41) is 0. The van der Waals surface area contributed by atoms with E-state index in [2.05, 4.69) is 29.2 Å². The predicted molar refractivity (Wildman–Crippen MR) is 72.5 cm³/mol. The molecule has 19 heavy (non-hydrogen) atoms. The molecule has 1 aromatic heterocycles. The second-order valence-corrected chi connectivity index (χ2v) is 4.57. The first-order chi connectivity index (χ1) is 9.08. The number of methoxy groups -OCH3 is 1. The Hall–Kier alpha value is -1.73. The average Bonchev–Trinajstić information content (AvgIpc) is 2.42. The number of rotatable bonds is 7. The van der Waals surface area contributed by atoms with Crippen molar-refractivity contribution in [1.29, 1.82) is 0 Å². The largest absolute Gasteiger partial charge is 0.383 e. The van der Waals surface area contributed by atoms with Crippen LogP contribution in [0.2, 0.25) is 0 Å². The highest BCUT2D eigenvalue weighted by Gasteiger charge is 2.18. The van der Waals surface area contributed by atoms with E-state index in [4.69, 9.17) is 10.6 Å². The first-order valence-electron chi connectivity index (χ1n) is 6.15. The molecular formula is C12H21N5O2. The summed E-state index contributed by atoms with van der Waals surface area (Å²) in [4.78, 5) is 22.1. The van der Waals surface area contributed by atoms with Gasteiger partial charge in [-0.05, 0) is 5.92 Å². The number of nitrogen functional groups attached to an aromatic ring is 1. The Labute approximate surface area is 113 Å². The van der Waals surface area contributed by atoms with Crippen LogP contribution in [0.3, 0.4) is 0 Å². The molecule has 106 valence electrons. The summed E-state index contributed by atoms with van der Waals surface area (Å²) in [6.07, 6.45) is 2.89. The van der Waals surface area contributed by atoms with E-state index in [1.54, 1.807) is 12.0 Å². The number of hydrogen-bond donors (Lipinski definition) is 2. The van der Waals surface area contributed by atoms with Crippen LogP contribution in [-0.2, 0) is 4.74 Å². The number of carbonyl (C=O) groups is 1. The normalized spacial score (nSPS) is 10.6. The highest BCUT2D eigenvalue weighted by molar-refractivity contribution is 5.92. The number of hydrazine groups is 1. The number of anilines is 1. The van der Waals surface area contributed by atoms with Crippen LogP contribution in [0, 0.1) is 5.92 Å². The zero-order valence-corrected chi connectivity index (χ0v) is 11.6. The van der Waals surface area contributed by atoms with E-state index in [1.807, 2.05) is 0 Å². The molecule has 0 aliphatic carbocycles. The number of amides is 1. The zero-order valence-electron chi connectivity index (χ0n) is 11.6. The fraction of sp³-hybridized carbons (Fsp3) is 0.583. The second kappa shape index (κ2) is 7.65. The van der Waals surface area contributed by atoms with Gasteiger partial charge in [-0.25, -0.2) is 10.8 Å². The van der Waals surface area contributed by atoms with Crippen LogP contribution >= 0.6 is 0 Å². The monoisotopic (exact) mass is 267 g/mol. The summed E-state index contributed by atoms with van der Waals surface area (Å²) in [5.74, 6) is 5.82. The number of nitrogens with zero attached hydrogens (tertiary/aromatic N) is 3. The number of carbonyl (C=O) groups excluding carboxylic acids is 1. The molecule has 0 aromatic carbocycles. The van der Waals surface area contributed by atoms with Gasteiger partial charge in [0.1, 0.15) is 5.69 Å². The minimum absolute atomic E-state index is 0.171. The molecule has 1 amide bonds. The van der Waals surface area contributed by atoms with Crippen molar-refractivity contribution in [3.63, 3.8) is 0 Å². The molecular weight excluding hydrogens is 246 g/mol. The third-order valence-electron chi connectivity index (χ3n) is 2.44. The summed E-state index contributed by atoms with van der Waals surface area (Å²) in [6.45, 7) is 5.76. The molecule has 0 aliphatic rings. The van der Waals surface area contributed by atoms with E-state index >= 15 is 0 Å². The SMILES string of the molecule is COCCN(CC(C)C)C(=O)c1cncc(NN)n1. The van der Waals surface area contributed by atoms with Gasteiger partial charge in [-0.3, -0.25) is 9.78 Å². The summed E-state index contributed by atoms with van der Waals surface area (Å²) in [6, 6.07) is 0. The molecule has 7 nitrogen and oxygen atoms in total. The molecule has 0 bridgehead atoms. The topological polar surface area (TPSA) is 93.4 Å². The quantitative estimate of drug-likeness (QED) is 0.552. The second-order valence-electron chi connectivity index (χ2n) is 4.57. The molecule has 1 heterocycles. The first-order valence-corrected chi connectivity index (χ1v) is 6.15. The van der Waals surface area contributed by atoms with E-state index in [0.717, 1.165) is 0 Å². The lowest BCUT2D eigenvalue weighted by Gasteiger charge is -2.23. The van der Waals surface area contributed by atoms with Crippen molar-refractivity contribution in [3.8, 4) is 0 Å². The van der Waals surface area contributed by atoms with Crippen LogP contribution in [-0.4, -0.2) is 47.6 Å². The average molecular weight is 267 g/mol. The van der Waals surface area contributed by atoms with Crippen molar-refractivity contribution < 1.29 is 9.53 Å². The fourth-order valence-electron chi connectivity index (χ4n) is 1.62. The predicted octanol–water partition coefficient (Wildman–Crippen LogP) is 0.507. The Morgan fingerprint density at radius 3 is 2.84 bits per heavy atom. The van der Waals surface area contributed by atoms with Crippen LogP contribution in [0.1, 0.15) is 24.3 Å². The summed E-state index contributed by atoms with van der Waals surface area (Å²) < 4.78 is 5.02. The Morgan fingerprint density at radius 1 is 1.53 bits per heavy atom. The van der Waals surface area contributed by atoms with E-state index in [0.29, 0.717) is 31.4 Å². The minimum Gasteiger partial charge on any atom is -0.383 e. The number of ether oxygens (including phenoxy) is 1. The van der Waals surface area contributed by atoms with Gasteiger partial charge in [0, 0.05) is 20.2 Å². The van der Waals surface area contributed by atoms with Crippen LogP contribution in [0.4, 0.5) is 5.82 Å². The molecule has 0 unspecified atom stereocenters. The number of nitrogens with one attached hydrogen (secondary N) is 1. The number of hydrogen-bond acceptors (Lipinski definition) is 6. The Morgan fingerprint density at radius 2 is 2.26 bits per heavy atom. The molecule has 0 saturated heterocycles. The number of nitrogens with two attached hydrogens (primary N) is 1. The molecule has 0 aliphatic heterocycles. The van der Waals surface area contributed by atoms with Crippen molar-refractivity contribution in [2.24, 2.45) is 11.8 Å². The smallest absolute Gasteiger partial charge is 0.274 e. The van der Waals surface area contributed by atoms with E-state index in [9.17, 15) is 4.79 Å². The van der Waals surface area contributed by atoms with Crippen molar-refractivity contribution in [2.75, 3.05) is 32.2 Å². The minimum atomic E-state index is -0.171. The van der Waals surface area contributed by atoms with Crippen LogP contribution in [0.25, 0.3) is 0 Å². The molecule has 1 rings (SSSR count). The lowest BCUT2D eigenvalue weighted by molar-refractivity contribution is 0.0666. The van der Waals surface area contributed by atoms with Crippen molar-refractivity contribution >= 4 is 11.7 Å². The van der Waals surface area contributed by atoms with Crippen molar-refractivity contribution in [2.45, 2.75) is 13.8 Å². The fourth-order valence-corrected chi connectivity index (χ4v) is 1.62. The van der Waals surface area contributed by atoms with Crippen LogP contribution in [0.15, 0.2) is 12.4 Å². The van der Waals surface area contributed by atoms with Gasteiger partial charge in [-0.15, -0.1) is 0 Å². The summed E-state index contributed by atoms with van der Waals surface area (Å²) in [7, 11) is 1.61. The lowest BCUT2D eigenvalue weighted by Crippen LogP contribution is -2.37. The third-order valence-corrected chi connectivity index (χ3v) is 2.44. The maximum absolute atomic E-state index is 12.4. The van der Waals surface area contributed by atoms with E-state index in [1.165, 1.54) is 12.4 Å². The zero-order chi connectivity index (χ0) is 14.3. The number of aromatic nitrogens is 2. The molecule has 0 spiro atoms. The van der Waals surface area contributed by atoms with Crippen LogP contribution < -0.4 is 11.3 Å². The molecule has 0 saturated carbocycles. The van der Waals surface area contributed by atoms with Gasteiger partial charge in [0.2, 0.25) is 0 Å². The molecule has 0 atom stereocenters. The summed E-state index contributed by atoms with van der Waals surface area (Å²) in [5.41, 5.74) is 2.65. The maximum atomic E-state index is 12.4. The molecule has 3 N–H and O–H groups in total. The van der Waals surface area contributed by atoms with Crippen LogP contribution in [0.5, 0.6) is 0 Å². The van der Waals surface area contributed by atoms with Gasteiger partial charge in [-0.2, -0.15) is 0 Å². The van der Waals surface area contributed by atoms with Gasteiger partial charge in [0.15, 0.2) is 5.82 Å². The van der Waals surface area contributed by atoms with E-state index < -0.39 is 0 Å². The molecule has 0 radical (unpaired) electrons. The standard InChI is InChI=1S/C12H21N5O2/c1-9(2)8-17(4-5-19-3)12(18)10-6-14-7-11(15-10)16-13/h6-7,9H,4-5,8,13H2,1-3H3,(H,15,16). The first kappa shape index (κ1) is 15.3. The van der Waals surface area contributed by atoms with Gasteiger partial charge in [-0.1, -0.05) is 13.8 Å². The van der Waals surface area contributed by atoms with Gasteiger partial charge in [0.05, 0.1) is 19.0 Å². The molecule has 1 aromatic rings. The van der Waals surface area contributed by atoms with Crippen molar-refractivity contribution in [1.82, 2.24) is 14.9 Å².